The van der Waals surface area contributed by atoms with Crippen LogP contribution in [0, 0.1) is 13.8 Å². The Bertz CT molecular complexity index is 425. The Labute approximate surface area is 94.6 Å². The van der Waals surface area contributed by atoms with Crippen molar-refractivity contribution in [2.75, 3.05) is 0 Å². The third kappa shape index (κ3) is 2.28. The summed E-state index contributed by atoms with van der Waals surface area (Å²) in [7, 11) is 0. The van der Waals surface area contributed by atoms with Gasteiger partial charge in [0.1, 0.15) is 0 Å². The van der Waals surface area contributed by atoms with Crippen molar-refractivity contribution >= 4 is 11.3 Å². The Kier molecular flexibility index (Phi) is 2.89. The maximum atomic E-state index is 6.21. The van der Waals surface area contributed by atoms with Crippen LogP contribution in [0.5, 0.6) is 0 Å². The normalized spacial score (nSPS) is 12.7. The molecule has 1 aromatic carbocycles. The lowest BCUT2D eigenvalue weighted by Gasteiger charge is -2.12. The van der Waals surface area contributed by atoms with Gasteiger partial charge in [-0.3, -0.25) is 0 Å². The number of hydrogen-bond acceptors (Lipinski definition) is 2. The second-order valence-corrected chi connectivity index (χ2v) is 4.74. The SMILES string of the molecule is Cc1cc(C)cc([C@H](N)c2ccsc2)c1. The van der Waals surface area contributed by atoms with Crippen molar-refractivity contribution in [2.45, 2.75) is 19.9 Å². The predicted molar refractivity (Wildman–Crippen MR) is 66.3 cm³/mol. The number of thiophene rings is 1. The van der Waals surface area contributed by atoms with Gasteiger partial charge in [-0.25, -0.2) is 0 Å². The fourth-order valence-electron chi connectivity index (χ4n) is 1.83. The molecule has 0 bridgehead atoms. The third-order valence-corrected chi connectivity index (χ3v) is 3.21. The zero-order chi connectivity index (χ0) is 10.8. The van der Waals surface area contributed by atoms with Crippen molar-refractivity contribution in [1.29, 1.82) is 0 Å². The Balaban J connectivity index is 2.37. The molecule has 1 nitrogen and oxygen atoms in total. The lowest BCUT2D eigenvalue weighted by Crippen LogP contribution is -2.11. The number of rotatable bonds is 2. The van der Waals surface area contributed by atoms with Gasteiger partial charge < -0.3 is 5.73 Å². The highest BCUT2D eigenvalue weighted by molar-refractivity contribution is 7.08. The molecule has 0 saturated heterocycles. The summed E-state index contributed by atoms with van der Waals surface area (Å²) in [5, 5.41) is 4.18. The van der Waals surface area contributed by atoms with Crippen LogP contribution in [-0.2, 0) is 0 Å². The summed E-state index contributed by atoms with van der Waals surface area (Å²) in [6, 6.07) is 8.59. The lowest BCUT2D eigenvalue weighted by molar-refractivity contribution is 0.873. The van der Waals surface area contributed by atoms with Crippen LogP contribution in [0.3, 0.4) is 0 Å². The van der Waals surface area contributed by atoms with E-state index in [1.54, 1.807) is 11.3 Å². The molecule has 0 aliphatic carbocycles. The Morgan fingerprint density at radius 3 is 2.27 bits per heavy atom. The topological polar surface area (TPSA) is 26.0 Å². The van der Waals surface area contributed by atoms with Crippen molar-refractivity contribution in [3.8, 4) is 0 Å². The molecule has 2 N–H and O–H groups in total. The van der Waals surface area contributed by atoms with Crippen LogP contribution < -0.4 is 5.73 Å². The maximum absolute atomic E-state index is 6.21. The van der Waals surface area contributed by atoms with Gasteiger partial charge >= 0.3 is 0 Å². The fourth-order valence-corrected chi connectivity index (χ4v) is 2.53. The molecule has 0 saturated carbocycles. The molecule has 0 radical (unpaired) electrons. The van der Waals surface area contributed by atoms with Gasteiger partial charge in [-0.1, -0.05) is 29.3 Å². The lowest BCUT2D eigenvalue weighted by atomic mass is 9.98. The van der Waals surface area contributed by atoms with Crippen LogP contribution in [0.1, 0.15) is 28.3 Å². The average molecular weight is 217 g/mol. The molecular weight excluding hydrogens is 202 g/mol. The number of aryl methyl sites for hydroxylation is 2. The molecule has 2 rings (SSSR count). The molecular formula is C13H15NS. The molecule has 1 aromatic heterocycles. The minimum absolute atomic E-state index is 0.00912. The van der Waals surface area contributed by atoms with E-state index in [-0.39, 0.29) is 6.04 Å². The van der Waals surface area contributed by atoms with E-state index in [0.717, 1.165) is 0 Å². The van der Waals surface area contributed by atoms with Crippen molar-refractivity contribution in [2.24, 2.45) is 5.73 Å². The minimum Gasteiger partial charge on any atom is -0.320 e. The van der Waals surface area contributed by atoms with E-state index < -0.39 is 0 Å². The van der Waals surface area contributed by atoms with Crippen molar-refractivity contribution in [3.63, 3.8) is 0 Å². The second kappa shape index (κ2) is 4.17. The van der Waals surface area contributed by atoms with E-state index in [1.807, 2.05) is 0 Å². The van der Waals surface area contributed by atoms with E-state index in [1.165, 1.54) is 22.3 Å². The third-order valence-electron chi connectivity index (χ3n) is 2.51. The summed E-state index contributed by atoms with van der Waals surface area (Å²) < 4.78 is 0. The molecule has 0 spiro atoms. The zero-order valence-electron chi connectivity index (χ0n) is 9.03. The van der Waals surface area contributed by atoms with Crippen LogP contribution in [0.25, 0.3) is 0 Å². The van der Waals surface area contributed by atoms with Gasteiger partial charge in [0, 0.05) is 0 Å². The first-order chi connectivity index (χ1) is 7.16. The van der Waals surface area contributed by atoms with Gasteiger partial charge in [0.05, 0.1) is 6.04 Å². The quantitative estimate of drug-likeness (QED) is 0.819. The smallest absolute Gasteiger partial charge is 0.0560 e. The molecule has 0 unspecified atom stereocenters. The first kappa shape index (κ1) is 10.4. The molecule has 1 heterocycles. The highest BCUT2D eigenvalue weighted by Gasteiger charge is 2.09. The summed E-state index contributed by atoms with van der Waals surface area (Å²) in [6.07, 6.45) is 0. The van der Waals surface area contributed by atoms with E-state index in [0.29, 0.717) is 0 Å². The highest BCUT2D eigenvalue weighted by atomic mass is 32.1. The largest absolute Gasteiger partial charge is 0.320 e. The standard InChI is InChI=1S/C13H15NS/c1-9-5-10(2)7-12(6-9)13(14)11-3-4-15-8-11/h3-8,13H,14H2,1-2H3/t13-/m1/s1. The van der Waals surface area contributed by atoms with E-state index in [2.05, 4.69) is 48.9 Å². The Morgan fingerprint density at radius 2 is 1.73 bits per heavy atom. The summed E-state index contributed by atoms with van der Waals surface area (Å²) in [5.74, 6) is 0. The Morgan fingerprint density at radius 1 is 1.07 bits per heavy atom. The van der Waals surface area contributed by atoms with Gasteiger partial charge in [0.15, 0.2) is 0 Å². The average Bonchev–Trinajstić information content (AvgIpc) is 2.67. The summed E-state index contributed by atoms with van der Waals surface area (Å²) in [6.45, 7) is 4.22. The first-order valence-corrected chi connectivity index (χ1v) is 5.97. The summed E-state index contributed by atoms with van der Waals surface area (Å²) >= 11 is 1.69. The van der Waals surface area contributed by atoms with Crippen LogP contribution >= 0.6 is 11.3 Å². The van der Waals surface area contributed by atoms with Gasteiger partial charge in [-0.15, -0.1) is 0 Å². The zero-order valence-corrected chi connectivity index (χ0v) is 9.84. The van der Waals surface area contributed by atoms with Gasteiger partial charge in [-0.05, 0) is 41.8 Å². The maximum Gasteiger partial charge on any atom is 0.0560 e. The molecule has 2 heteroatoms. The van der Waals surface area contributed by atoms with Gasteiger partial charge in [0.25, 0.3) is 0 Å². The fraction of sp³-hybridized carbons (Fsp3) is 0.231. The van der Waals surface area contributed by atoms with Crippen LogP contribution in [0.4, 0.5) is 0 Å². The number of hydrogen-bond donors (Lipinski definition) is 1. The summed E-state index contributed by atoms with van der Waals surface area (Å²) in [5.41, 5.74) is 11.2. The molecule has 0 aliphatic heterocycles. The number of benzene rings is 1. The van der Waals surface area contributed by atoms with Crippen molar-refractivity contribution < 1.29 is 0 Å². The van der Waals surface area contributed by atoms with Crippen molar-refractivity contribution in [3.05, 3.63) is 57.3 Å². The predicted octanol–water partition coefficient (Wildman–Crippen LogP) is 3.41. The molecule has 0 fully saturated rings. The molecule has 2 aromatic rings. The van der Waals surface area contributed by atoms with Crippen LogP contribution in [-0.4, -0.2) is 0 Å². The molecule has 0 aliphatic rings. The summed E-state index contributed by atoms with van der Waals surface area (Å²) in [4.78, 5) is 0. The van der Waals surface area contributed by atoms with E-state index in [4.69, 9.17) is 5.73 Å². The molecule has 15 heavy (non-hydrogen) atoms. The van der Waals surface area contributed by atoms with Crippen LogP contribution in [0.2, 0.25) is 0 Å². The Hall–Kier alpha value is -1.12. The second-order valence-electron chi connectivity index (χ2n) is 3.96. The molecule has 78 valence electrons. The first-order valence-electron chi connectivity index (χ1n) is 5.02. The monoisotopic (exact) mass is 217 g/mol. The van der Waals surface area contributed by atoms with Gasteiger partial charge in [0.2, 0.25) is 0 Å². The van der Waals surface area contributed by atoms with Crippen molar-refractivity contribution in [1.82, 2.24) is 0 Å². The molecule has 1 atom stereocenters. The van der Waals surface area contributed by atoms with Gasteiger partial charge in [-0.2, -0.15) is 11.3 Å². The molecule has 0 amide bonds. The minimum atomic E-state index is 0.00912. The van der Waals surface area contributed by atoms with Crippen LogP contribution in [0.15, 0.2) is 35.0 Å². The van der Waals surface area contributed by atoms with E-state index in [9.17, 15) is 0 Å². The van der Waals surface area contributed by atoms with E-state index >= 15 is 0 Å². The number of nitrogens with two attached hydrogens (primary N) is 1. The highest BCUT2D eigenvalue weighted by Crippen LogP contribution is 2.23.